The Morgan fingerprint density at radius 1 is 1.28 bits per heavy atom. The zero-order valence-electron chi connectivity index (χ0n) is 16.1. The Morgan fingerprint density at radius 2 is 2.00 bits per heavy atom. The van der Waals surface area contributed by atoms with Crippen molar-refractivity contribution in [2.24, 2.45) is 16.7 Å². The number of hydrogen-bond donors (Lipinski definition) is 5. The molecule has 0 aromatic heterocycles. The number of nitrogens with zero attached hydrogens (tertiary/aromatic N) is 1. The molecule has 25 heavy (non-hydrogen) atoms. The summed E-state index contributed by atoms with van der Waals surface area (Å²) >= 11 is 1.58. The molecule has 7 heteroatoms. The van der Waals surface area contributed by atoms with Crippen molar-refractivity contribution < 1.29 is 0 Å². The maximum atomic E-state index is 6.11. The van der Waals surface area contributed by atoms with Gasteiger partial charge in [-0.05, 0) is 63.8 Å². The molecule has 0 saturated heterocycles. The molecule has 0 aliphatic carbocycles. The summed E-state index contributed by atoms with van der Waals surface area (Å²) in [6.45, 7) is 10.8. The van der Waals surface area contributed by atoms with E-state index in [2.05, 4.69) is 67.4 Å². The van der Waals surface area contributed by atoms with Crippen molar-refractivity contribution in [2.45, 2.75) is 76.8 Å². The van der Waals surface area contributed by atoms with Gasteiger partial charge in [0.2, 0.25) is 0 Å². The quantitative estimate of drug-likeness (QED) is 0.143. The van der Waals surface area contributed by atoms with Crippen molar-refractivity contribution in [1.29, 1.82) is 0 Å². The molecule has 0 saturated carbocycles. The first-order chi connectivity index (χ1) is 11.8. The number of unbranched alkanes of at least 4 members (excludes halogenated alkanes) is 1. The first-order valence-electron chi connectivity index (χ1n) is 8.94. The summed E-state index contributed by atoms with van der Waals surface area (Å²) in [7, 11) is 0. The second kappa shape index (κ2) is 10.5. The van der Waals surface area contributed by atoms with Gasteiger partial charge in [-0.1, -0.05) is 26.7 Å². The second-order valence-electron chi connectivity index (χ2n) is 7.18. The zero-order chi connectivity index (χ0) is 18.9. The van der Waals surface area contributed by atoms with Crippen LogP contribution in [-0.4, -0.2) is 17.4 Å². The van der Waals surface area contributed by atoms with E-state index in [4.69, 9.17) is 11.6 Å². The van der Waals surface area contributed by atoms with E-state index in [1.54, 1.807) is 11.9 Å². The molecular formula is C18H34N6S. The molecule has 0 fully saturated rings. The zero-order valence-corrected chi connectivity index (χ0v) is 17.0. The summed E-state index contributed by atoms with van der Waals surface area (Å²) in [4.78, 5) is 1.08. The number of rotatable bonds is 10. The molecule has 1 aromatic carbocycles. The van der Waals surface area contributed by atoms with Gasteiger partial charge in [-0.15, -0.1) is 5.10 Å². The van der Waals surface area contributed by atoms with Gasteiger partial charge in [0, 0.05) is 27.7 Å². The molecular weight excluding hydrogens is 332 g/mol. The highest BCUT2D eigenvalue weighted by Gasteiger charge is 2.14. The highest BCUT2D eigenvalue weighted by Crippen LogP contribution is 2.26. The van der Waals surface area contributed by atoms with Crippen LogP contribution in [0.15, 0.2) is 28.2 Å². The Bertz CT molecular complexity index is 553. The van der Waals surface area contributed by atoms with Crippen LogP contribution in [-0.2, 0) is 0 Å². The van der Waals surface area contributed by atoms with Crippen LogP contribution in [0.2, 0.25) is 0 Å². The van der Waals surface area contributed by atoms with Crippen LogP contribution in [0.1, 0.15) is 65.9 Å². The molecule has 142 valence electrons. The molecule has 6 nitrogen and oxygen atoms in total. The number of nitrogens with two attached hydrogens (primary N) is 2. The number of benzene rings is 1. The Morgan fingerprint density at radius 3 is 2.56 bits per heavy atom. The standard InChI is InChI=1S/C18H34N6S/c1-6-8-9-13(7-2)21-16-11-10-14(25-23-18(3,4)5)12-15(16)17(19)22-24-20/h10-13,21,23-24H,6-9,20H2,1-5H3,(H2,19,22). The van der Waals surface area contributed by atoms with Gasteiger partial charge in [-0.2, -0.15) is 0 Å². The van der Waals surface area contributed by atoms with E-state index in [-0.39, 0.29) is 5.54 Å². The highest BCUT2D eigenvalue weighted by molar-refractivity contribution is 7.97. The van der Waals surface area contributed by atoms with E-state index in [0.29, 0.717) is 11.9 Å². The minimum Gasteiger partial charge on any atom is -0.382 e. The Labute approximate surface area is 156 Å². The molecule has 0 amide bonds. The van der Waals surface area contributed by atoms with Crippen molar-refractivity contribution in [3.05, 3.63) is 23.8 Å². The molecule has 0 spiro atoms. The fraction of sp³-hybridized carbons (Fsp3) is 0.611. The van der Waals surface area contributed by atoms with E-state index in [0.717, 1.165) is 29.0 Å². The second-order valence-corrected chi connectivity index (χ2v) is 8.06. The third-order valence-electron chi connectivity index (χ3n) is 3.69. The maximum absolute atomic E-state index is 6.11. The van der Waals surface area contributed by atoms with Crippen LogP contribution in [0.5, 0.6) is 0 Å². The van der Waals surface area contributed by atoms with Crippen molar-refractivity contribution in [3.8, 4) is 0 Å². The van der Waals surface area contributed by atoms with Gasteiger partial charge in [-0.25, -0.2) is 11.4 Å². The lowest BCUT2D eigenvalue weighted by atomic mass is 10.1. The van der Waals surface area contributed by atoms with E-state index in [1.807, 2.05) is 6.07 Å². The molecule has 1 atom stereocenters. The van der Waals surface area contributed by atoms with Crippen molar-refractivity contribution in [3.63, 3.8) is 0 Å². The van der Waals surface area contributed by atoms with Gasteiger partial charge in [-0.3, -0.25) is 4.72 Å². The molecule has 1 aromatic rings. The van der Waals surface area contributed by atoms with Crippen LogP contribution in [0.3, 0.4) is 0 Å². The molecule has 0 aliphatic rings. The smallest absolute Gasteiger partial charge is 0.154 e. The van der Waals surface area contributed by atoms with E-state index < -0.39 is 0 Å². The SMILES string of the molecule is CCCCC(CC)Nc1ccc(SNC(C)(C)C)cc1/C(N)=N/NN. The van der Waals surface area contributed by atoms with Gasteiger partial charge in [0.25, 0.3) is 0 Å². The van der Waals surface area contributed by atoms with E-state index >= 15 is 0 Å². The van der Waals surface area contributed by atoms with Gasteiger partial charge >= 0.3 is 0 Å². The summed E-state index contributed by atoms with van der Waals surface area (Å²) in [5.74, 6) is 5.68. The lowest BCUT2D eigenvalue weighted by Crippen LogP contribution is -2.30. The normalized spacial score (nSPS) is 13.6. The predicted molar refractivity (Wildman–Crippen MR) is 110 cm³/mol. The Kier molecular flexibility index (Phi) is 9.10. The van der Waals surface area contributed by atoms with E-state index in [9.17, 15) is 0 Å². The molecule has 0 heterocycles. The summed E-state index contributed by atoms with van der Waals surface area (Å²) in [6.07, 6.45) is 4.60. The third-order valence-corrected chi connectivity index (χ3v) is 4.89. The van der Waals surface area contributed by atoms with Crippen LogP contribution in [0.4, 0.5) is 5.69 Å². The van der Waals surface area contributed by atoms with Crippen molar-refractivity contribution in [1.82, 2.24) is 10.3 Å². The fourth-order valence-corrected chi connectivity index (χ4v) is 3.05. The molecule has 1 unspecified atom stereocenters. The van der Waals surface area contributed by atoms with Crippen LogP contribution < -0.4 is 27.2 Å². The van der Waals surface area contributed by atoms with Gasteiger partial charge < -0.3 is 11.1 Å². The van der Waals surface area contributed by atoms with Crippen molar-refractivity contribution >= 4 is 23.5 Å². The topological polar surface area (TPSA) is 100 Å². The van der Waals surface area contributed by atoms with Gasteiger partial charge in [0.05, 0.1) is 0 Å². The summed E-state index contributed by atoms with van der Waals surface area (Å²) < 4.78 is 3.41. The summed E-state index contributed by atoms with van der Waals surface area (Å²) in [6, 6.07) is 6.61. The lowest BCUT2D eigenvalue weighted by molar-refractivity contribution is 0.535. The molecule has 0 aliphatic heterocycles. The fourth-order valence-electron chi connectivity index (χ4n) is 2.32. The van der Waals surface area contributed by atoms with Crippen LogP contribution in [0, 0.1) is 0 Å². The molecule has 7 N–H and O–H groups in total. The Balaban J connectivity index is 3.04. The van der Waals surface area contributed by atoms with Crippen LogP contribution in [0.25, 0.3) is 0 Å². The minimum absolute atomic E-state index is 0.0215. The summed E-state index contributed by atoms with van der Waals surface area (Å²) in [5.41, 5.74) is 10.3. The third kappa shape index (κ3) is 7.98. The lowest BCUT2D eigenvalue weighted by Gasteiger charge is -2.22. The number of hydrazone groups is 1. The first-order valence-corrected chi connectivity index (χ1v) is 9.76. The highest BCUT2D eigenvalue weighted by atomic mass is 32.2. The first kappa shape index (κ1) is 21.6. The number of hydrogen-bond acceptors (Lipinski definition) is 6. The number of hydrazine groups is 1. The molecule has 1 rings (SSSR count). The van der Waals surface area contributed by atoms with Gasteiger partial charge in [0.15, 0.2) is 5.84 Å². The number of nitrogens with one attached hydrogen (secondary N) is 3. The number of anilines is 1. The van der Waals surface area contributed by atoms with E-state index in [1.165, 1.54) is 12.8 Å². The average molecular weight is 367 g/mol. The maximum Gasteiger partial charge on any atom is 0.154 e. The largest absolute Gasteiger partial charge is 0.382 e. The van der Waals surface area contributed by atoms with Gasteiger partial charge in [0.1, 0.15) is 0 Å². The summed E-state index contributed by atoms with van der Waals surface area (Å²) in [5, 5.41) is 7.57. The Hall–Kier alpha value is -1.44. The van der Waals surface area contributed by atoms with Crippen molar-refractivity contribution in [2.75, 3.05) is 5.32 Å². The minimum atomic E-state index is 0.0215. The van der Waals surface area contributed by atoms with Crippen LogP contribution >= 0.6 is 11.9 Å². The monoisotopic (exact) mass is 366 g/mol. The number of amidine groups is 1. The average Bonchev–Trinajstić information content (AvgIpc) is 2.56. The molecule has 0 bridgehead atoms. The molecule has 0 radical (unpaired) electrons. The predicted octanol–water partition coefficient (Wildman–Crippen LogP) is 3.55.